The summed E-state index contributed by atoms with van der Waals surface area (Å²) in [7, 11) is 1.50. The molecule has 14 heavy (non-hydrogen) atoms. The van der Waals surface area contributed by atoms with Crippen LogP contribution in [0, 0.1) is 0 Å². The number of methoxy groups -OCH3 is 1. The van der Waals surface area contributed by atoms with Gasteiger partial charge in [0.2, 0.25) is 0 Å². The summed E-state index contributed by atoms with van der Waals surface area (Å²) >= 11 is 11.5. The molecular formula is C8H11Cl2N3O. The second kappa shape index (κ2) is 5.22. The van der Waals surface area contributed by atoms with Crippen molar-refractivity contribution in [1.82, 2.24) is 9.97 Å². The van der Waals surface area contributed by atoms with Gasteiger partial charge in [-0.1, -0.05) is 11.6 Å². The van der Waals surface area contributed by atoms with Crippen LogP contribution in [0.1, 0.15) is 6.92 Å². The van der Waals surface area contributed by atoms with Crippen LogP contribution in [0.3, 0.4) is 0 Å². The molecule has 4 nitrogen and oxygen atoms in total. The SMILES string of the molecule is COc1ncc(Cl)c(NC(C)CCl)n1. The molecule has 1 N–H and O–H groups in total. The van der Waals surface area contributed by atoms with E-state index in [0.29, 0.717) is 16.7 Å². The molecule has 1 atom stereocenters. The maximum absolute atomic E-state index is 5.87. The first kappa shape index (κ1) is 11.3. The van der Waals surface area contributed by atoms with Gasteiger partial charge in [-0.3, -0.25) is 0 Å². The highest BCUT2D eigenvalue weighted by Gasteiger charge is 2.07. The number of anilines is 1. The lowest BCUT2D eigenvalue weighted by Crippen LogP contribution is -2.18. The van der Waals surface area contributed by atoms with E-state index in [-0.39, 0.29) is 12.1 Å². The van der Waals surface area contributed by atoms with Gasteiger partial charge in [0.25, 0.3) is 0 Å². The fourth-order valence-corrected chi connectivity index (χ4v) is 1.05. The number of alkyl halides is 1. The third kappa shape index (κ3) is 2.89. The van der Waals surface area contributed by atoms with Crippen molar-refractivity contribution < 1.29 is 4.74 Å². The Morgan fingerprint density at radius 1 is 1.64 bits per heavy atom. The summed E-state index contributed by atoms with van der Waals surface area (Å²) in [5.41, 5.74) is 0. The Bertz CT molecular complexity index is 309. The summed E-state index contributed by atoms with van der Waals surface area (Å²) in [6.45, 7) is 1.93. The molecule has 0 aromatic carbocycles. The molecule has 0 fully saturated rings. The van der Waals surface area contributed by atoms with Crippen molar-refractivity contribution in [3.63, 3.8) is 0 Å². The number of ether oxygens (including phenoxy) is 1. The second-order valence-electron chi connectivity index (χ2n) is 2.75. The molecule has 0 saturated heterocycles. The maximum atomic E-state index is 5.87. The standard InChI is InChI=1S/C8H11Cl2N3O/c1-5(3-9)12-7-6(10)4-11-8(13-7)14-2/h4-5H,3H2,1-2H3,(H,11,12,13). The van der Waals surface area contributed by atoms with Crippen LogP contribution in [0.15, 0.2) is 6.20 Å². The third-order valence-corrected chi connectivity index (χ3v) is 2.26. The van der Waals surface area contributed by atoms with Crippen LogP contribution in [0.5, 0.6) is 6.01 Å². The van der Waals surface area contributed by atoms with E-state index in [1.165, 1.54) is 13.3 Å². The summed E-state index contributed by atoms with van der Waals surface area (Å²) in [5, 5.41) is 3.49. The largest absolute Gasteiger partial charge is 0.467 e. The third-order valence-electron chi connectivity index (χ3n) is 1.52. The fraction of sp³-hybridized carbons (Fsp3) is 0.500. The summed E-state index contributed by atoms with van der Waals surface area (Å²) < 4.78 is 4.87. The lowest BCUT2D eigenvalue weighted by atomic mass is 10.4. The Balaban J connectivity index is 2.83. The number of aromatic nitrogens is 2. The van der Waals surface area contributed by atoms with Crippen molar-refractivity contribution >= 4 is 29.0 Å². The van der Waals surface area contributed by atoms with Crippen LogP contribution in [-0.2, 0) is 0 Å². The summed E-state index contributed by atoms with van der Waals surface area (Å²) in [6, 6.07) is 0.368. The lowest BCUT2D eigenvalue weighted by Gasteiger charge is -2.12. The molecule has 78 valence electrons. The van der Waals surface area contributed by atoms with E-state index in [2.05, 4.69) is 15.3 Å². The Hall–Kier alpha value is -0.740. The molecule has 1 unspecified atom stereocenters. The van der Waals surface area contributed by atoms with Crippen LogP contribution in [0.25, 0.3) is 0 Å². The highest BCUT2D eigenvalue weighted by Crippen LogP contribution is 2.20. The van der Waals surface area contributed by atoms with Gasteiger partial charge in [-0.05, 0) is 6.92 Å². The van der Waals surface area contributed by atoms with Crippen molar-refractivity contribution in [1.29, 1.82) is 0 Å². The molecule has 1 aromatic rings. The van der Waals surface area contributed by atoms with Crippen molar-refractivity contribution in [3.05, 3.63) is 11.2 Å². The van der Waals surface area contributed by atoms with Crippen LogP contribution >= 0.6 is 23.2 Å². The predicted octanol–water partition coefficient (Wildman–Crippen LogP) is 2.18. The van der Waals surface area contributed by atoms with E-state index >= 15 is 0 Å². The Labute approximate surface area is 92.6 Å². The van der Waals surface area contributed by atoms with Gasteiger partial charge >= 0.3 is 6.01 Å². The average Bonchev–Trinajstić information content (AvgIpc) is 2.21. The van der Waals surface area contributed by atoms with Gasteiger partial charge in [-0.25, -0.2) is 4.98 Å². The molecule has 0 bridgehead atoms. The van der Waals surface area contributed by atoms with E-state index in [1.807, 2.05) is 6.92 Å². The molecule has 0 aliphatic carbocycles. The number of nitrogens with one attached hydrogen (secondary N) is 1. The zero-order chi connectivity index (χ0) is 10.6. The highest BCUT2D eigenvalue weighted by molar-refractivity contribution is 6.32. The normalized spacial score (nSPS) is 12.3. The van der Waals surface area contributed by atoms with Crippen LogP contribution in [-0.4, -0.2) is 29.0 Å². The zero-order valence-corrected chi connectivity index (χ0v) is 9.43. The molecule has 1 heterocycles. The van der Waals surface area contributed by atoms with Crippen LogP contribution in [0.2, 0.25) is 5.02 Å². The van der Waals surface area contributed by atoms with Crippen molar-refractivity contribution in [2.24, 2.45) is 0 Å². The van der Waals surface area contributed by atoms with E-state index in [4.69, 9.17) is 27.9 Å². The smallest absolute Gasteiger partial charge is 0.318 e. The van der Waals surface area contributed by atoms with Crippen LogP contribution in [0.4, 0.5) is 5.82 Å². The minimum absolute atomic E-state index is 0.0915. The first-order valence-corrected chi connectivity index (χ1v) is 4.97. The maximum Gasteiger partial charge on any atom is 0.318 e. The highest BCUT2D eigenvalue weighted by atomic mass is 35.5. The van der Waals surface area contributed by atoms with Gasteiger partial charge < -0.3 is 10.1 Å². The molecular weight excluding hydrogens is 225 g/mol. The molecule has 0 aliphatic heterocycles. The molecule has 1 rings (SSSR count). The summed E-state index contributed by atoms with van der Waals surface area (Å²) in [6.07, 6.45) is 1.48. The first-order chi connectivity index (χ1) is 6.67. The topological polar surface area (TPSA) is 47.0 Å². The van der Waals surface area contributed by atoms with Gasteiger partial charge in [0.05, 0.1) is 13.3 Å². The Morgan fingerprint density at radius 2 is 2.36 bits per heavy atom. The number of nitrogens with zero attached hydrogens (tertiary/aromatic N) is 2. The monoisotopic (exact) mass is 235 g/mol. The molecule has 6 heteroatoms. The van der Waals surface area contributed by atoms with E-state index < -0.39 is 0 Å². The predicted molar refractivity (Wildman–Crippen MR) is 57.4 cm³/mol. The van der Waals surface area contributed by atoms with E-state index in [9.17, 15) is 0 Å². The molecule has 0 spiro atoms. The summed E-state index contributed by atoms with van der Waals surface area (Å²) in [4.78, 5) is 7.90. The molecule has 0 saturated carbocycles. The lowest BCUT2D eigenvalue weighted by molar-refractivity contribution is 0.380. The molecule has 1 aromatic heterocycles. The second-order valence-corrected chi connectivity index (χ2v) is 3.47. The first-order valence-electron chi connectivity index (χ1n) is 4.06. The van der Waals surface area contributed by atoms with Crippen LogP contribution < -0.4 is 10.1 Å². The van der Waals surface area contributed by atoms with Gasteiger partial charge in [-0.2, -0.15) is 4.98 Å². The number of hydrogen-bond acceptors (Lipinski definition) is 4. The van der Waals surface area contributed by atoms with Gasteiger partial charge in [0.1, 0.15) is 5.02 Å². The molecule has 0 amide bonds. The number of halogens is 2. The average molecular weight is 236 g/mol. The van der Waals surface area contributed by atoms with Gasteiger partial charge in [0, 0.05) is 11.9 Å². The summed E-state index contributed by atoms with van der Waals surface area (Å²) in [5.74, 6) is 1.01. The van der Waals surface area contributed by atoms with E-state index in [0.717, 1.165) is 0 Å². The van der Waals surface area contributed by atoms with Crippen molar-refractivity contribution in [3.8, 4) is 6.01 Å². The van der Waals surface area contributed by atoms with Gasteiger partial charge in [-0.15, -0.1) is 11.6 Å². The number of rotatable bonds is 4. The van der Waals surface area contributed by atoms with Crippen molar-refractivity contribution in [2.45, 2.75) is 13.0 Å². The van der Waals surface area contributed by atoms with Gasteiger partial charge in [0.15, 0.2) is 5.82 Å². The molecule has 0 radical (unpaired) electrons. The minimum Gasteiger partial charge on any atom is -0.467 e. The quantitative estimate of drug-likeness (QED) is 0.814. The Morgan fingerprint density at radius 3 is 2.93 bits per heavy atom. The minimum atomic E-state index is 0.0915. The molecule has 0 aliphatic rings. The fourth-order valence-electron chi connectivity index (χ4n) is 0.822. The van der Waals surface area contributed by atoms with Crippen molar-refractivity contribution in [2.75, 3.05) is 18.3 Å². The zero-order valence-electron chi connectivity index (χ0n) is 7.92. The van der Waals surface area contributed by atoms with E-state index in [1.54, 1.807) is 0 Å². The Kier molecular flexibility index (Phi) is 4.22. The number of hydrogen-bond donors (Lipinski definition) is 1.